The molecule has 1 N–H and O–H groups in total. The van der Waals surface area contributed by atoms with Crippen molar-refractivity contribution in [3.8, 4) is 0 Å². The van der Waals surface area contributed by atoms with E-state index in [-0.39, 0.29) is 10.6 Å². The zero-order valence-corrected chi connectivity index (χ0v) is 12.1. The second-order valence-corrected chi connectivity index (χ2v) is 6.44. The fourth-order valence-electron chi connectivity index (χ4n) is 3.00. The Balaban J connectivity index is 1.58. The second kappa shape index (κ2) is 5.70. The predicted molar refractivity (Wildman–Crippen MR) is 78.8 cm³/mol. The lowest BCUT2D eigenvalue weighted by molar-refractivity contribution is -0.385. The largest absolute Gasteiger partial charge is 0.312 e. The van der Waals surface area contributed by atoms with Crippen LogP contribution in [0.5, 0.6) is 0 Å². The molecule has 3 rings (SSSR count). The van der Waals surface area contributed by atoms with Gasteiger partial charge in [0.05, 0.1) is 4.92 Å². The highest BCUT2D eigenvalue weighted by molar-refractivity contribution is 6.30. The van der Waals surface area contributed by atoms with Crippen LogP contribution in [-0.2, 0) is 6.54 Å². The molecule has 1 aromatic carbocycles. The smallest absolute Gasteiger partial charge is 0.275 e. The molecule has 0 aromatic heterocycles. The van der Waals surface area contributed by atoms with Crippen LogP contribution >= 0.6 is 11.6 Å². The molecule has 0 radical (unpaired) electrons. The van der Waals surface area contributed by atoms with Gasteiger partial charge in [0.2, 0.25) is 0 Å². The Morgan fingerprint density at radius 1 is 1.30 bits per heavy atom. The molecular weight excluding hydrogens is 276 g/mol. The zero-order chi connectivity index (χ0) is 14.1. The van der Waals surface area contributed by atoms with Gasteiger partial charge in [-0.15, -0.1) is 0 Å². The second-order valence-electron chi connectivity index (χ2n) is 6.00. The molecule has 5 heteroatoms. The first kappa shape index (κ1) is 13.8. The number of nitro groups is 1. The van der Waals surface area contributed by atoms with Gasteiger partial charge in [-0.1, -0.05) is 11.6 Å². The fraction of sp³-hybridized carbons (Fsp3) is 0.600. The van der Waals surface area contributed by atoms with Crippen molar-refractivity contribution < 1.29 is 4.92 Å². The highest BCUT2D eigenvalue weighted by atomic mass is 35.5. The molecular formula is C15H19ClN2O2. The minimum atomic E-state index is -0.359. The topological polar surface area (TPSA) is 55.2 Å². The van der Waals surface area contributed by atoms with E-state index in [9.17, 15) is 10.1 Å². The summed E-state index contributed by atoms with van der Waals surface area (Å²) in [5.74, 6) is 2.58. The van der Waals surface area contributed by atoms with Gasteiger partial charge in [-0.25, -0.2) is 0 Å². The summed E-state index contributed by atoms with van der Waals surface area (Å²) in [6.45, 7) is 1.53. The van der Waals surface area contributed by atoms with Crippen molar-refractivity contribution in [2.45, 2.75) is 32.2 Å². The highest BCUT2D eigenvalue weighted by Gasteiger charge is 2.40. The standard InChI is InChI=1S/C15H19ClN2O2/c16-13-6-5-12(15(7-13)18(19)20)8-17-9-14(10-1-2-10)11-3-4-11/h5-7,10-11,14,17H,1-4,8-9H2. The predicted octanol–water partition coefficient (Wildman–Crippen LogP) is 3.77. The van der Waals surface area contributed by atoms with Gasteiger partial charge in [0.15, 0.2) is 0 Å². The molecule has 0 atom stereocenters. The number of rotatable bonds is 7. The quantitative estimate of drug-likeness (QED) is 0.615. The lowest BCUT2D eigenvalue weighted by Crippen LogP contribution is -2.25. The summed E-state index contributed by atoms with van der Waals surface area (Å²) in [6.07, 6.45) is 5.46. The van der Waals surface area contributed by atoms with Crippen LogP contribution in [-0.4, -0.2) is 11.5 Å². The van der Waals surface area contributed by atoms with E-state index in [1.165, 1.54) is 31.7 Å². The van der Waals surface area contributed by atoms with Crippen LogP contribution in [0.3, 0.4) is 0 Å². The average molecular weight is 295 g/mol. The maximum atomic E-state index is 11.0. The zero-order valence-electron chi connectivity index (χ0n) is 11.3. The third-order valence-corrected chi connectivity index (χ3v) is 4.63. The van der Waals surface area contributed by atoms with E-state index < -0.39 is 0 Å². The van der Waals surface area contributed by atoms with Crippen LogP contribution in [0.25, 0.3) is 0 Å². The molecule has 2 saturated carbocycles. The van der Waals surface area contributed by atoms with Gasteiger partial charge in [-0.05, 0) is 62.1 Å². The van der Waals surface area contributed by atoms with E-state index >= 15 is 0 Å². The molecule has 0 spiro atoms. The Hall–Kier alpha value is -1.13. The number of hydrogen-bond donors (Lipinski definition) is 1. The van der Waals surface area contributed by atoms with Gasteiger partial charge in [0.25, 0.3) is 5.69 Å². The number of nitrogens with one attached hydrogen (secondary N) is 1. The van der Waals surface area contributed by atoms with Crippen LogP contribution in [0.1, 0.15) is 31.2 Å². The molecule has 2 fully saturated rings. The Morgan fingerprint density at radius 2 is 1.95 bits per heavy atom. The molecule has 2 aliphatic carbocycles. The van der Waals surface area contributed by atoms with Crippen LogP contribution in [0.15, 0.2) is 18.2 Å². The van der Waals surface area contributed by atoms with Gasteiger partial charge in [0, 0.05) is 23.2 Å². The first-order chi connectivity index (χ1) is 9.65. The summed E-state index contributed by atoms with van der Waals surface area (Å²) in [5, 5.41) is 14.8. The Morgan fingerprint density at radius 3 is 2.50 bits per heavy atom. The summed E-state index contributed by atoms with van der Waals surface area (Å²) in [6, 6.07) is 4.89. The molecule has 108 valence electrons. The first-order valence-corrected chi connectivity index (χ1v) is 7.66. The van der Waals surface area contributed by atoms with Gasteiger partial charge in [0.1, 0.15) is 0 Å². The SMILES string of the molecule is O=[N+]([O-])c1cc(Cl)ccc1CNCC(C1CC1)C1CC1. The highest BCUT2D eigenvalue weighted by Crippen LogP contribution is 2.48. The minimum absolute atomic E-state index is 0.111. The molecule has 0 aliphatic heterocycles. The Labute approximate surface area is 123 Å². The van der Waals surface area contributed by atoms with Crippen molar-refractivity contribution in [2.24, 2.45) is 17.8 Å². The van der Waals surface area contributed by atoms with E-state index in [2.05, 4.69) is 5.32 Å². The van der Waals surface area contributed by atoms with Gasteiger partial charge in [-0.2, -0.15) is 0 Å². The van der Waals surface area contributed by atoms with Crippen LogP contribution in [0.4, 0.5) is 5.69 Å². The molecule has 0 saturated heterocycles. The fourth-order valence-corrected chi connectivity index (χ4v) is 3.16. The monoisotopic (exact) mass is 294 g/mol. The van der Waals surface area contributed by atoms with E-state index in [1.807, 2.05) is 0 Å². The molecule has 0 unspecified atom stereocenters. The van der Waals surface area contributed by atoms with E-state index in [0.29, 0.717) is 17.1 Å². The molecule has 0 bridgehead atoms. The summed E-state index contributed by atoms with van der Waals surface area (Å²) in [7, 11) is 0. The van der Waals surface area contributed by atoms with Crippen molar-refractivity contribution in [1.82, 2.24) is 5.32 Å². The summed E-state index contributed by atoms with van der Waals surface area (Å²) < 4.78 is 0. The number of hydrogen-bond acceptors (Lipinski definition) is 3. The molecule has 0 amide bonds. The number of halogens is 1. The Bertz CT molecular complexity index is 501. The van der Waals surface area contributed by atoms with Gasteiger partial charge >= 0.3 is 0 Å². The van der Waals surface area contributed by atoms with E-state index in [4.69, 9.17) is 11.6 Å². The molecule has 20 heavy (non-hydrogen) atoms. The van der Waals surface area contributed by atoms with E-state index in [1.54, 1.807) is 12.1 Å². The van der Waals surface area contributed by atoms with E-state index in [0.717, 1.165) is 24.3 Å². The average Bonchev–Trinajstić information content (AvgIpc) is 3.27. The van der Waals surface area contributed by atoms with Crippen molar-refractivity contribution in [1.29, 1.82) is 0 Å². The lowest BCUT2D eigenvalue weighted by Gasteiger charge is -2.16. The van der Waals surface area contributed by atoms with Crippen molar-refractivity contribution in [2.75, 3.05) is 6.54 Å². The third-order valence-electron chi connectivity index (χ3n) is 4.39. The maximum Gasteiger partial charge on any atom is 0.275 e. The van der Waals surface area contributed by atoms with Gasteiger partial charge in [-0.3, -0.25) is 10.1 Å². The Kier molecular flexibility index (Phi) is 3.94. The summed E-state index contributed by atoms with van der Waals surface area (Å²) in [5.41, 5.74) is 0.823. The van der Waals surface area contributed by atoms with Crippen LogP contribution in [0.2, 0.25) is 5.02 Å². The summed E-state index contributed by atoms with van der Waals surface area (Å²) in [4.78, 5) is 10.7. The summed E-state index contributed by atoms with van der Waals surface area (Å²) >= 11 is 5.82. The van der Waals surface area contributed by atoms with Crippen molar-refractivity contribution in [3.63, 3.8) is 0 Å². The first-order valence-electron chi connectivity index (χ1n) is 7.28. The lowest BCUT2D eigenvalue weighted by atomic mass is 9.98. The molecule has 4 nitrogen and oxygen atoms in total. The van der Waals surface area contributed by atoms with Crippen LogP contribution in [0, 0.1) is 27.9 Å². The molecule has 2 aliphatic rings. The van der Waals surface area contributed by atoms with Crippen molar-refractivity contribution in [3.05, 3.63) is 38.9 Å². The van der Waals surface area contributed by atoms with Gasteiger partial charge < -0.3 is 5.32 Å². The van der Waals surface area contributed by atoms with Crippen molar-refractivity contribution >= 4 is 17.3 Å². The third kappa shape index (κ3) is 3.30. The molecule has 0 heterocycles. The van der Waals surface area contributed by atoms with Crippen LogP contribution < -0.4 is 5.32 Å². The number of benzene rings is 1. The molecule has 1 aromatic rings. The maximum absolute atomic E-state index is 11.0. The number of nitro benzene ring substituents is 1. The normalized spacial score (nSPS) is 18.5. The number of nitrogens with zero attached hydrogens (tertiary/aromatic N) is 1. The minimum Gasteiger partial charge on any atom is -0.312 e.